The maximum absolute atomic E-state index is 12.4. The van der Waals surface area contributed by atoms with Crippen LogP contribution in [0.15, 0.2) is 24.3 Å². The first-order valence-electron chi connectivity index (χ1n) is 9.42. The molecule has 3 rings (SSSR count). The third kappa shape index (κ3) is 4.80. The number of hydrogen-bond donors (Lipinski definition) is 2. The van der Waals surface area contributed by atoms with Gasteiger partial charge in [0.25, 0.3) is 0 Å². The number of hydrogen-bond acceptors (Lipinski definition) is 4. The molecule has 27 heavy (non-hydrogen) atoms. The van der Waals surface area contributed by atoms with E-state index in [0.29, 0.717) is 18.0 Å². The summed E-state index contributed by atoms with van der Waals surface area (Å²) in [7, 11) is 0. The molecule has 1 fully saturated rings. The minimum absolute atomic E-state index is 0.161. The summed E-state index contributed by atoms with van der Waals surface area (Å²) in [6.07, 6.45) is 2.28. The molecule has 2 N–H and O–H groups in total. The van der Waals surface area contributed by atoms with Crippen LogP contribution in [0.25, 0.3) is 0 Å². The van der Waals surface area contributed by atoms with Crippen molar-refractivity contribution in [2.24, 2.45) is 0 Å². The molecule has 0 aliphatic carbocycles. The van der Waals surface area contributed by atoms with Gasteiger partial charge in [0.1, 0.15) is 12.4 Å². The zero-order chi connectivity index (χ0) is 19.4. The highest BCUT2D eigenvalue weighted by atomic mass is 16.5. The molecule has 0 spiro atoms. The first-order valence-corrected chi connectivity index (χ1v) is 9.42. The lowest BCUT2D eigenvalue weighted by atomic mass is 10.2. The van der Waals surface area contributed by atoms with Gasteiger partial charge in [-0.2, -0.15) is 5.10 Å². The molecule has 2 aromatic rings. The van der Waals surface area contributed by atoms with E-state index in [1.54, 1.807) is 0 Å². The van der Waals surface area contributed by atoms with Gasteiger partial charge < -0.3 is 20.1 Å². The van der Waals surface area contributed by atoms with Gasteiger partial charge in [-0.3, -0.25) is 4.68 Å². The van der Waals surface area contributed by atoms with Gasteiger partial charge in [0.2, 0.25) is 0 Å². The maximum atomic E-state index is 12.4. The molecular weight excluding hydrogens is 344 g/mol. The Morgan fingerprint density at radius 2 is 2.19 bits per heavy atom. The van der Waals surface area contributed by atoms with Gasteiger partial charge in [0.05, 0.1) is 23.2 Å². The van der Waals surface area contributed by atoms with E-state index in [4.69, 9.17) is 9.47 Å². The lowest BCUT2D eigenvalue weighted by Crippen LogP contribution is -2.20. The summed E-state index contributed by atoms with van der Waals surface area (Å²) in [5, 5.41) is 10.2. The van der Waals surface area contributed by atoms with Gasteiger partial charge in [0.15, 0.2) is 0 Å². The number of benzene rings is 1. The van der Waals surface area contributed by atoms with E-state index in [2.05, 4.69) is 29.6 Å². The van der Waals surface area contributed by atoms with Crippen LogP contribution in [0.4, 0.5) is 16.2 Å². The van der Waals surface area contributed by atoms with Crippen LogP contribution in [0.1, 0.15) is 44.1 Å². The topological polar surface area (TPSA) is 77.4 Å². The van der Waals surface area contributed by atoms with Crippen molar-refractivity contribution in [1.82, 2.24) is 9.78 Å². The predicted octanol–water partition coefficient (Wildman–Crippen LogP) is 4.28. The van der Waals surface area contributed by atoms with Crippen LogP contribution in [-0.4, -0.2) is 35.1 Å². The third-order valence-electron chi connectivity index (χ3n) is 4.60. The predicted molar refractivity (Wildman–Crippen MR) is 106 cm³/mol. The molecule has 1 saturated heterocycles. The van der Waals surface area contributed by atoms with Crippen LogP contribution >= 0.6 is 0 Å². The normalized spacial score (nSPS) is 16.6. The smallest absolute Gasteiger partial charge is 0.323 e. The molecule has 1 unspecified atom stereocenters. The number of urea groups is 1. The number of aromatic nitrogens is 2. The first-order chi connectivity index (χ1) is 12.9. The fourth-order valence-electron chi connectivity index (χ4n) is 3.25. The minimum Gasteiger partial charge on any atom is -0.491 e. The molecule has 0 radical (unpaired) electrons. The molecule has 7 heteroatoms. The van der Waals surface area contributed by atoms with E-state index in [1.807, 2.05) is 42.8 Å². The van der Waals surface area contributed by atoms with Crippen LogP contribution < -0.4 is 15.4 Å². The van der Waals surface area contributed by atoms with Crippen molar-refractivity contribution < 1.29 is 14.3 Å². The zero-order valence-corrected chi connectivity index (χ0v) is 16.4. The second-order valence-electron chi connectivity index (χ2n) is 7.14. The van der Waals surface area contributed by atoms with Gasteiger partial charge in [-0.05, 0) is 52.7 Å². The molecule has 1 atom stereocenters. The summed E-state index contributed by atoms with van der Waals surface area (Å²) in [6, 6.07) is 7.30. The Labute approximate surface area is 160 Å². The van der Waals surface area contributed by atoms with Crippen LogP contribution in [0.5, 0.6) is 5.75 Å². The largest absolute Gasteiger partial charge is 0.491 e. The molecule has 0 saturated carbocycles. The average molecular weight is 372 g/mol. The number of nitrogens with one attached hydrogen (secondary N) is 2. The molecule has 1 aromatic carbocycles. The Balaban J connectivity index is 1.60. The van der Waals surface area contributed by atoms with Crippen molar-refractivity contribution in [3.63, 3.8) is 0 Å². The molecule has 2 heterocycles. The number of carbonyl (C=O) groups is 1. The molecule has 7 nitrogen and oxygen atoms in total. The second-order valence-corrected chi connectivity index (χ2v) is 7.14. The summed E-state index contributed by atoms with van der Waals surface area (Å²) in [5.74, 6) is 0.711. The number of amides is 2. The standard InChI is InChI=1S/C20H28N4O3/c1-13(2)24-15(4)19(14(3)23-24)22-20(25)21-16-7-5-8-17(11-16)27-12-18-9-6-10-26-18/h5,7-8,11,13,18H,6,9-10,12H2,1-4H3,(H2,21,22,25). The Morgan fingerprint density at radius 3 is 2.85 bits per heavy atom. The van der Waals surface area contributed by atoms with E-state index in [1.165, 1.54) is 0 Å². The minimum atomic E-state index is -0.305. The molecular formula is C20H28N4O3. The fourth-order valence-corrected chi connectivity index (χ4v) is 3.25. The number of aryl methyl sites for hydroxylation is 1. The number of nitrogens with zero attached hydrogens (tertiary/aromatic N) is 2. The van der Waals surface area contributed by atoms with E-state index in [0.717, 1.165) is 36.5 Å². The van der Waals surface area contributed by atoms with Crippen molar-refractivity contribution >= 4 is 17.4 Å². The number of ether oxygens (including phenoxy) is 2. The summed E-state index contributed by atoms with van der Waals surface area (Å²) < 4.78 is 13.3. The van der Waals surface area contributed by atoms with Crippen LogP contribution in [0, 0.1) is 13.8 Å². The van der Waals surface area contributed by atoms with Crippen LogP contribution in [-0.2, 0) is 4.74 Å². The van der Waals surface area contributed by atoms with Gasteiger partial charge >= 0.3 is 6.03 Å². The lowest BCUT2D eigenvalue weighted by Gasteiger charge is -2.13. The number of carbonyl (C=O) groups excluding carboxylic acids is 1. The number of anilines is 2. The van der Waals surface area contributed by atoms with E-state index in [9.17, 15) is 4.79 Å². The maximum Gasteiger partial charge on any atom is 0.323 e. The summed E-state index contributed by atoms with van der Waals surface area (Å²) >= 11 is 0. The van der Waals surface area contributed by atoms with Crippen molar-refractivity contribution in [2.45, 2.75) is 52.7 Å². The highest BCUT2D eigenvalue weighted by Crippen LogP contribution is 2.23. The van der Waals surface area contributed by atoms with Gasteiger partial charge in [-0.25, -0.2) is 4.79 Å². The van der Waals surface area contributed by atoms with Gasteiger partial charge in [-0.15, -0.1) is 0 Å². The SMILES string of the molecule is Cc1nn(C(C)C)c(C)c1NC(=O)Nc1cccc(OCC2CCCO2)c1. The Bertz CT molecular complexity index is 795. The van der Waals surface area contributed by atoms with Crippen LogP contribution in [0.2, 0.25) is 0 Å². The average Bonchev–Trinajstić information content (AvgIpc) is 3.24. The van der Waals surface area contributed by atoms with Gasteiger partial charge in [-0.1, -0.05) is 6.07 Å². The molecule has 0 bridgehead atoms. The van der Waals surface area contributed by atoms with Crippen LogP contribution in [0.3, 0.4) is 0 Å². The van der Waals surface area contributed by atoms with E-state index >= 15 is 0 Å². The quantitative estimate of drug-likeness (QED) is 0.793. The Hall–Kier alpha value is -2.54. The van der Waals surface area contributed by atoms with Crippen molar-refractivity contribution in [2.75, 3.05) is 23.8 Å². The molecule has 2 amide bonds. The Kier molecular flexibility index (Phi) is 6.01. The Morgan fingerprint density at radius 1 is 1.37 bits per heavy atom. The monoisotopic (exact) mass is 372 g/mol. The zero-order valence-electron chi connectivity index (χ0n) is 16.4. The molecule has 1 aromatic heterocycles. The number of rotatable bonds is 6. The second kappa shape index (κ2) is 8.43. The van der Waals surface area contributed by atoms with Crippen molar-refractivity contribution in [1.29, 1.82) is 0 Å². The van der Waals surface area contributed by atoms with E-state index < -0.39 is 0 Å². The van der Waals surface area contributed by atoms with Crippen molar-refractivity contribution in [3.8, 4) is 5.75 Å². The lowest BCUT2D eigenvalue weighted by molar-refractivity contribution is 0.0680. The first kappa shape index (κ1) is 19.2. The molecule has 1 aliphatic heterocycles. The van der Waals surface area contributed by atoms with Gasteiger partial charge in [0, 0.05) is 24.4 Å². The summed E-state index contributed by atoms with van der Waals surface area (Å²) in [4.78, 5) is 12.4. The van der Waals surface area contributed by atoms with E-state index in [-0.39, 0.29) is 18.2 Å². The summed E-state index contributed by atoms with van der Waals surface area (Å²) in [5.41, 5.74) is 3.15. The third-order valence-corrected chi connectivity index (χ3v) is 4.60. The van der Waals surface area contributed by atoms with Crippen molar-refractivity contribution in [3.05, 3.63) is 35.7 Å². The molecule has 146 valence electrons. The summed E-state index contributed by atoms with van der Waals surface area (Å²) in [6.45, 7) is 9.30. The fraction of sp³-hybridized carbons (Fsp3) is 0.500. The highest BCUT2D eigenvalue weighted by molar-refractivity contribution is 6.00. The molecule has 1 aliphatic rings. The highest BCUT2D eigenvalue weighted by Gasteiger charge is 2.17.